The van der Waals surface area contributed by atoms with Gasteiger partial charge in [0, 0.05) is 0 Å². The maximum absolute atomic E-state index is 11.3. The molecule has 0 bridgehead atoms. The quantitative estimate of drug-likeness (QED) is 0.779. The Labute approximate surface area is 93.2 Å². The van der Waals surface area contributed by atoms with Gasteiger partial charge in [0.25, 0.3) is 0 Å². The van der Waals surface area contributed by atoms with Crippen LogP contribution in [0.2, 0.25) is 5.02 Å². The summed E-state index contributed by atoms with van der Waals surface area (Å²) >= 11 is 11.6. The first-order valence-corrected chi connectivity index (χ1v) is 5.04. The Morgan fingerprint density at radius 2 is 2.14 bits per heavy atom. The Kier molecular flexibility index (Phi) is 3.78. The molecule has 0 spiro atoms. The number of halogens is 2. The van der Waals surface area contributed by atoms with E-state index in [2.05, 4.69) is 5.32 Å². The summed E-state index contributed by atoms with van der Waals surface area (Å²) in [5.74, 6) is -0.251. The first-order chi connectivity index (χ1) is 6.52. The van der Waals surface area contributed by atoms with Crippen LogP contribution in [0.25, 0.3) is 0 Å². The zero-order valence-corrected chi connectivity index (χ0v) is 9.49. The molecule has 1 N–H and O–H groups in total. The van der Waals surface area contributed by atoms with E-state index in [9.17, 15) is 4.79 Å². The number of nitrogens with one attached hydrogen (secondary N) is 1. The summed E-state index contributed by atoms with van der Waals surface area (Å²) in [4.78, 5) is 11.3. The van der Waals surface area contributed by atoms with E-state index in [1.54, 1.807) is 13.0 Å². The number of benzene rings is 1. The van der Waals surface area contributed by atoms with E-state index in [-0.39, 0.29) is 5.91 Å². The minimum Gasteiger partial charge on any atom is -0.323 e. The van der Waals surface area contributed by atoms with Crippen LogP contribution in [0.4, 0.5) is 5.69 Å². The molecule has 0 aromatic heterocycles. The van der Waals surface area contributed by atoms with Gasteiger partial charge < -0.3 is 5.32 Å². The lowest BCUT2D eigenvalue weighted by molar-refractivity contribution is -0.115. The molecule has 14 heavy (non-hydrogen) atoms. The molecular weight excluding hydrogens is 221 g/mol. The van der Waals surface area contributed by atoms with E-state index in [0.29, 0.717) is 10.7 Å². The Morgan fingerprint density at radius 1 is 1.50 bits per heavy atom. The van der Waals surface area contributed by atoms with Crippen LogP contribution < -0.4 is 5.32 Å². The molecule has 0 heterocycles. The third-order valence-corrected chi connectivity index (χ3v) is 2.51. The standard InChI is InChI=1S/C10H11Cl2NO/c1-6-4-3-5-8(9(6)12)13-10(14)7(2)11/h3-5,7H,1-2H3,(H,13,14). The van der Waals surface area contributed by atoms with Crippen LogP contribution in [0, 0.1) is 6.92 Å². The molecule has 0 aliphatic carbocycles. The molecule has 2 nitrogen and oxygen atoms in total. The maximum Gasteiger partial charge on any atom is 0.242 e. The van der Waals surface area contributed by atoms with Crippen molar-refractivity contribution in [1.82, 2.24) is 0 Å². The van der Waals surface area contributed by atoms with Crippen molar-refractivity contribution in [3.63, 3.8) is 0 Å². The molecule has 1 amide bonds. The highest BCUT2D eigenvalue weighted by Crippen LogP contribution is 2.25. The minimum atomic E-state index is -0.563. The van der Waals surface area contributed by atoms with Gasteiger partial charge in [-0.2, -0.15) is 0 Å². The molecule has 76 valence electrons. The summed E-state index contributed by atoms with van der Waals surface area (Å²) in [5.41, 5.74) is 1.52. The SMILES string of the molecule is Cc1cccc(NC(=O)C(C)Cl)c1Cl. The Balaban J connectivity index is 2.87. The van der Waals surface area contributed by atoms with E-state index < -0.39 is 5.38 Å². The fourth-order valence-corrected chi connectivity index (χ4v) is 1.20. The summed E-state index contributed by atoms with van der Waals surface area (Å²) in [7, 11) is 0. The van der Waals surface area contributed by atoms with E-state index in [1.807, 2.05) is 19.1 Å². The molecule has 0 saturated carbocycles. The Hall–Kier alpha value is -0.730. The van der Waals surface area contributed by atoms with Crippen molar-refractivity contribution in [2.45, 2.75) is 19.2 Å². The molecule has 0 aliphatic heterocycles. The van der Waals surface area contributed by atoms with Crippen molar-refractivity contribution in [2.24, 2.45) is 0 Å². The fraction of sp³-hybridized carbons (Fsp3) is 0.300. The topological polar surface area (TPSA) is 29.1 Å². The second-order valence-electron chi connectivity index (χ2n) is 3.04. The van der Waals surface area contributed by atoms with Crippen LogP contribution in [0.3, 0.4) is 0 Å². The number of aryl methyl sites for hydroxylation is 1. The zero-order chi connectivity index (χ0) is 10.7. The number of amides is 1. The molecule has 1 atom stereocenters. The smallest absolute Gasteiger partial charge is 0.242 e. The van der Waals surface area contributed by atoms with Crippen molar-refractivity contribution in [2.75, 3.05) is 5.32 Å². The number of rotatable bonds is 2. The first kappa shape index (κ1) is 11.3. The van der Waals surface area contributed by atoms with Gasteiger partial charge in [0.1, 0.15) is 5.38 Å². The Morgan fingerprint density at radius 3 is 2.71 bits per heavy atom. The zero-order valence-electron chi connectivity index (χ0n) is 7.97. The van der Waals surface area contributed by atoms with E-state index in [4.69, 9.17) is 23.2 Å². The molecule has 1 unspecified atom stereocenters. The number of hydrogen-bond acceptors (Lipinski definition) is 1. The van der Waals surface area contributed by atoms with Gasteiger partial charge in [-0.15, -0.1) is 11.6 Å². The third kappa shape index (κ3) is 2.63. The van der Waals surface area contributed by atoms with Crippen molar-refractivity contribution in [3.05, 3.63) is 28.8 Å². The number of carbonyl (C=O) groups is 1. The van der Waals surface area contributed by atoms with Crippen LogP contribution in [0.5, 0.6) is 0 Å². The summed E-state index contributed by atoms with van der Waals surface area (Å²) in [6.07, 6.45) is 0. The average Bonchev–Trinajstić information content (AvgIpc) is 2.12. The molecule has 1 aromatic rings. The van der Waals surface area contributed by atoms with Gasteiger partial charge in [-0.1, -0.05) is 23.7 Å². The van der Waals surface area contributed by atoms with Gasteiger partial charge in [-0.25, -0.2) is 0 Å². The van der Waals surface area contributed by atoms with Gasteiger partial charge in [0.05, 0.1) is 10.7 Å². The van der Waals surface area contributed by atoms with Crippen molar-refractivity contribution >= 4 is 34.8 Å². The summed E-state index contributed by atoms with van der Waals surface area (Å²) in [5, 5.41) is 2.64. The predicted octanol–water partition coefficient (Wildman–Crippen LogP) is 3.21. The van der Waals surface area contributed by atoms with Gasteiger partial charge >= 0.3 is 0 Å². The second kappa shape index (κ2) is 4.67. The lowest BCUT2D eigenvalue weighted by Gasteiger charge is -2.09. The lowest BCUT2D eigenvalue weighted by atomic mass is 10.2. The molecule has 0 aliphatic rings. The van der Waals surface area contributed by atoms with Gasteiger partial charge in [-0.3, -0.25) is 4.79 Å². The molecule has 0 saturated heterocycles. The third-order valence-electron chi connectivity index (χ3n) is 1.81. The lowest BCUT2D eigenvalue weighted by Crippen LogP contribution is -2.20. The second-order valence-corrected chi connectivity index (χ2v) is 4.07. The fourth-order valence-electron chi connectivity index (χ4n) is 0.976. The molecule has 4 heteroatoms. The van der Waals surface area contributed by atoms with Crippen LogP contribution >= 0.6 is 23.2 Å². The number of hydrogen-bond donors (Lipinski definition) is 1. The predicted molar refractivity (Wildman–Crippen MR) is 60.1 cm³/mol. The Bertz CT molecular complexity index is 350. The summed E-state index contributed by atoms with van der Waals surface area (Å²) in [6, 6.07) is 5.45. The van der Waals surface area contributed by atoms with Crippen molar-refractivity contribution in [3.8, 4) is 0 Å². The van der Waals surface area contributed by atoms with Crippen LogP contribution in [0.1, 0.15) is 12.5 Å². The van der Waals surface area contributed by atoms with Gasteiger partial charge in [-0.05, 0) is 25.5 Å². The normalized spacial score (nSPS) is 12.3. The highest BCUT2D eigenvalue weighted by atomic mass is 35.5. The summed E-state index contributed by atoms with van der Waals surface area (Å²) < 4.78 is 0. The van der Waals surface area contributed by atoms with E-state index >= 15 is 0 Å². The number of carbonyl (C=O) groups excluding carboxylic acids is 1. The number of anilines is 1. The molecule has 1 aromatic carbocycles. The highest BCUT2D eigenvalue weighted by molar-refractivity contribution is 6.36. The van der Waals surface area contributed by atoms with Crippen molar-refractivity contribution in [1.29, 1.82) is 0 Å². The van der Waals surface area contributed by atoms with Gasteiger partial charge in [0.15, 0.2) is 0 Å². The minimum absolute atomic E-state index is 0.251. The highest BCUT2D eigenvalue weighted by Gasteiger charge is 2.11. The molecule has 0 fully saturated rings. The average molecular weight is 232 g/mol. The molecular formula is C10H11Cl2NO. The summed E-state index contributed by atoms with van der Waals surface area (Å²) in [6.45, 7) is 3.49. The van der Waals surface area contributed by atoms with E-state index in [1.165, 1.54) is 0 Å². The van der Waals surface area contributed by atoms with Crippen LogP contribution in [-0.4, -0.2) is 11.3 Å². The number of alkyl halides is 1. The van der Waals surface area contributed by atoms with Crippen molar-refractivity contribution < 1.29 is 4.79 Å². The molecule has 1 rings (SSSR count). The van der Waals surface area contributed by atoms with Crippen LogP contribution in [-0.2, 0) is 4.79 Å². The molecule has 0 radical (unpaired) electrons. The maximum atomic E-state index is 11.3. The van der Waals surface area contributed by atoms with Gasteiger partial charge in [0.2, 0.25) is 5.91 Å². The van der Waals surface area contributed by atoms with E-state index in [0.717, 1.165) is 5.56 Å². The van der Waals surface area contributed by atoms with Crippen LogP contribution in [0.15, 0.2) is 18.2 Å². The largest absolute Gasteiger partial charge is 0.323 e. The monoisotopic (exact) mass is 231 g/mol. The first-order valence-electron chi connectivity index (χ1n) is 4.22.